The molecule has 1 aliphatic heterocycles. The molecule has 0 aliphatic carbocycles. The molecule has 0 amide bonds. The lowest BCUT2D eigenvalue weighted by Crippen LogP contribution is -2.39. The standard InChI is InChI=1S/C28H34O2Si/c1-28(20-19-23-13-7-4-8-14-23)21-26(29-30-28)22-31(2,3)27(24-15-9-5-10-16-24)25-17-11-6-12-18-25/h4-18,26-27H,19-22H2,1-3H3/t26-,28+/m0/s1. The zero-order valence-corrected chi connectivity index (χ0v) is 20.0. The summed E-state index contributed by atoms with van der Waals surface area (Å²) < 4.78 is 0. The Bertz CT molecular complexity index is 903. The van der Waals surface area contributed by atoms with Crippen LogP contribution in [0.2, 0.25) is 19.1 Å². The number of aryl methyl sites for hydroxylation is 1. The molecule has 0 N–H and O–H groups in total. The molecule has 3 aromatic carbocycles. The van der Waals surface area contributed by atoms with Crippen LogP contribution in [0, 0.1) is 0 Å². The first-order valence-electron chi connectivity index (χ1n) is 11.4. The molecule has 0 aromatic heterocycles. The van der Waals surface area contributed by atoms with Gasteiger partial charge in [0.25, 0.3) is 0 Å². The van der Waals surface area contributed by atoms with Gasteiger partial charge in [-0.25, -0.2) is 9.78 Å². The molecule has 1 fully saturated rings. The van der Waals surface area contributed by atoms with Crippen LogP contribution in [0.4, 0.5) is 0 Å². The van der Waals surface area contributed by atoms with Crippen molar-refractivity contribution in [2.45, 2.75) is 62.6 Å². The Kier molecular flexibility index (Phi) is 6.76. The molecule has 4 rings (SSSR count). The molecule has 0 spiro atoms. The first-order chi connectivity index (χ1) is 15.0. The van der Waals surface area contributed by atoms with E-state index in [1.165, 1.54) is 16.7 Å². The molecular weight excluding hydrogens is 396 g/mol. The molecule has 1 aliphatic rings. The van der Waals surface area contributed by atoms with E-state index in [4.69, 9.17) is 9.78 Å². The molecule has 0 bridgehead atoms. The maximum atomic E-state index is 5.95. The van der Waals surface area contributed by atoms with E-state index in [9.17, 15) is 0 Å². The first kappa shape index (κ1) is 22.0. The Balaban J connectivity index is 1.47. The fraction of sp³-hybridized carbons (Fsp3) is 0.357. The van der Waals surface area contributed by atoms with E-state index in [-0.39, 0.29) is 11.7 Å². The van der Waals surface area contributed by atoms with Crippen molar-refractivity contribution in [3.63, 3.8) is 0 Å². The van der Waals surface area contributed by atoms with Gasteiger partial charge in [0.15, 0.2) is 0 Å². The number of rotatable bonds is 8. The Morgan fingerprint density at radius 2 is 1.35 bits per heavy atom. The minimum atomic E-state index is -1.73. The summed E-state index contributed by atoms with van der Waals surface area (Å²) in [6.07, 6.45) is 3.13. The van der Waals surface area contributed by atoms with Gasteiger partial charge in [-0.3, -0.25) is 0 Å². The van der Waals surface area contributed by atoms with Crippen LogP contribution >= 0.6 is 0 Å². The van der Waals surface area contributed by atoms with Gasteiger partial charge in [0.05, 0.1) is 14.2 Å². The van der Waals surface area contributed by atoms with Crippen LogP contribution in [-0.4, -0.2) is 19.8 Å². The van der Waals surface area contributed by atoms with Crippen LogP contribution in [0.25, 0.3) is 0 Å². The van der Waals surface area contributed by atoms with Crippen LogP contribution in [-0.2, 0) is 16.2 Å². The van der Waals surface area contributed by atoms with E-state index in [1.807, 2.05) is 0 Å². The Hall–Kier alpha value is -2.20. The van der Waals surface area contributed by atoms with Crippen molar-refractivity contribution in [1.29, 1.82) is 0 Å². The third-order valence-electron chi connectivity index (χ3n) is 6.63. The van der Waals surface area contributed by atoms with Gasteiger partial charge in [0.2, 0.25) is 0 Å². The summed E-state index contributed by atoms with van der Waals surface area (Å²) in [5.74, 6) is 0. The molecule has 162 valence electrons. The number of hydrogen-bond acceptors (Lipinski definition) is 2. The molecule has 1 saturated heterocycles. The van der Waals surface area contributed by atoms with Crippen LogP contribution in [0.5, 0.6) is 0 Å². The van der Waals surface area contributed by atoms with Gasteiger partial charge in [-0.15, -0.1) is 0 Å². The number of hydrogen-bond donors (Lipinski definition) is 0. The van der Waals surface area contributed by atoms with Gasteiger partial charge in [-0.2, -0.15) is 0 Å². The van der Waals surface area contributed by atoms with Crippen molar-refractivity contribution in [1.82, 2.24) is 0 Å². The largest absolute Gasteiger partial charge is 0.233 e. The highest BCUT2D eigenvalue weighted by molar-refractivity contribution is 6.79. The lowest BCUT2D eigenvalue weighted by atomic mass is 9.92. The Morgan fingerprint density at radius 3 is 1.90 bits per heavy atom. The van der Waals surface area contributed by atoms with Crippen molar-refractivity contribution in [3.05, 3.63) is 108 Å². The van der Waals surface area contributed by atoms with Gasteiger partial charge in [-0.1, -0.05) is 104 Å². The van der Waals surface area contributed by atoms with Crippen molar-refractivity contribution in [2.75, 3.05) is 0 Å². The summed E-state index contributed by atoms with van der Waals surface area (Å²) in [6, 6.07) is 33.7. The highest BCUT2D eigenvalue weighted by Gasteiger charge is 2.43. The number of benzene rings is 3. The first-order valence-corrected chi connectivity index (χ1v) is 14.7. The molecule has 3 heteroatoms. The third-order valence-corrected chi connectivity index (χ3v) is 10.4. The fourth-order valence-corrected chi connectivity index (χ4v) is 8.94. The third kappa shape index (κ3) is 5.54. The summed E-state index contributed by atoms with van der Waals surface area (Å²) in [7, 11) is -1.73. The lowest BCUT2D eigenvalue weighted by molar-refractivity contribution is -0.321. The van der Waals surface area contributed by atoms with E-state index in [0.29, 0.717) is 5.54 Å². The van der Waals surface area contributed by atoms with E-state index in [0.717, 1.165) is 25.3 Å². The summed E-state index contributed by atoms with van der Waals surface area (Å²) in [5, 5.41) is 0. The predicted octanol–water partition coefficient (Wildman–Crippen LogP) is 7.18. The summed E-state index contributed by atoms with van der Waals surface area (Å²) >= 11 is 0. The molecule has 3 aromatic rings. The lowest BCUT2D eigenvalue weighted by Gasteiger charge is -2.35. The summed E-state index contributed by atoms with van der Waals surface area (Å²) in [6.45, 7) is 7.21. The second kappa shape index (κ2) is 9.52. The summed E-state index contributed by atoms with van der Waals surface area (Å²) in [5.41, 5.74) is 4.42. The smallest absolute Gasteiger partial charge is 0.104 e. The monoisotopic (exact) mass is 430 g/mol. The van der Waals surface area contributed by atoms with Crippen molar-refractivity contribution in [2.24, 2.45) is 0 Å². The molecular formula is C28H34O2Si. The highest BCUT2D eigenvalue weighted by atomic mass is 28.3. The zero-order chi connectivity index (χ0) is 21.7. The second-order valence-electron chi connectivity index (χ2n) is 9.89. The Labute approximate surface area is 188 Å². The van der Waals surface area contributed by atoms with Crippen molar-refractivity contribution >= 4 is 8.07 Å². The maximum absolute atomic E-state index is 5.95. The van der Waals surface area contributed by atoms with Gasteiger partial charge in [-0.05, 0) is 42.5 Å². The van der Waals surface area contributed by atoms with Crippen LogP contribution in [0.15, 0.2) is 91.0 Å². The van der Waals surface area contributed by atoms with E-state index >= 15 is 0 Å². The van der Waals surface area contributed by atoms with E-state index in [2.05, 4.69) is 111 Å². The minimum absolute atomic E-state index is 0.164. The average Bonchev–Trinajstić information content (AvgIpc) is 3.14. The minimum Gasteiger partial charge on any atom is -0.233 e. The molecule has 2 atom stereocenters. The van der Waals surface area contributed by atoms with E-state index < -0.39 is 8.07 Å². The van der Waals surface area contributed by atoms with Crippen molar-refractivity contribution in [3.8, 4) is 0 Å². The SMILES string of the molecule is C[C@@]1(CCc2ccccc2)C[C@@H](C[Si](C)(C)C(c2ccccc2)c2ccccc2)OO1. The quantitative estimate of drug-likeness (QED) is 0.278. The molecule has 0 unspecified atom stereocenters. The maximum Gasteiger partial charge on any atom is 0.104 e. The van der Waals surface area contributed by atoms with Crippen LogP contribution in [0.1, 0.15) is 42.0 Å². The highest BCUT2D eigenvalue weighted by Crippen LogP contribution is 2.41. The van der Waals surface area contributed by atoms with Gasteiger partial charge < -0.3 is 0 Å². The van der Waals surface area contributed by atoms with Gasteiger partial charge >= 0.3 is 0 Å². The van der Waals surface area contributed by atoms with E-state index in [1.54, 1.807) is 0 Å². The molecule has 1 heterocycles. The Morgan fingerprint density at radius 1 is 0.839 bits per heavy atom. The van der Waals surface area contributed by atoms with Crippen LogP contribution in [0.3, 0.4) is 0 Å². The predicted molar refractivity (Wildman–Crippen MR) is 131 cm³/mol. The zero-order valence-electron chi connectivity index (χ0n) is 19.0. The normalized spacial score (nSPS) is 21.5. The molecule has 0 radical (unpaired) electrons. The van der Waals surface area contributed by atoms with Gasteiger partial charge in [0.1, 0.15) is 5.60 Å². The second-order valence-corrected chi connectivity index (χ2v) is 14.9. The van der Waals surface area contributed by atoms with Crippen molar-refractivity contribution < 1.29 is 9.78 Å². The molecule has 31 heavy (non-hydrogen) atoms. The average molecular weight is 431 g/mol. The van der Waals surface area contributed by atoms with Crippen LogP contribution < -0.4 is 0 Å². The molecule has 0 saturated carbocycles. The topological polar surface area (TPSA) is 18.5 Å². The fourth-order valence-electron chi connectivity index (χ4n) is 5.13. The van der Waals surface area contributed by atoms with Gasteiger partial charge in [0, 0.05) is 12.0 Å². The molecule has 2 nitrogen and oxygen atoms in total. The summed E-state index contributed by atoms with van der Waals surface area (Å²) in [4.78, 5) is 11.9.